The van der Waals surface area contributed by atoms with Gasteiger partial charge in [0.25, 0.3) is 11.6 Å². The van der Waals surface area contributed by atoms with Gasteiger partial charge in [0.05, 0.1) is 11.1 Å². The molecule has 0 saturated heterocycles. The molecule has 0 atom stereocenters. The Balaban J connectivity index is 2.18. The summed E-state index contributed by atoms with van der Waals surface area (Å²) in [5.74, 6) is -1.33. The Morgan fingerprint density at radius 1 is 1.35 bits per heavy atom. The fourth-order valence-corrected chi connectivity index (χ4v) is 2.31. The molecule has 1 N–H and O–H groups in total. The van der Waals surface area contributed by atoms with Crippen molar-refractivity contribution >= 4 is 45.3 Å². The van der Waals surface area contributed by atoms with Crippen molar-refractivity contribution in [2.45, 2.75) is 0 Å². The number of rotatable bonds is 4. The minimum atomic E-state index is -0.833. The van der Waals surface area contributed by atoms with E-state index in [0.29, 0.717) is 5.56 Å². The van der Waals surface area contributed by atoms with E-state index < -0.39 is 22.3 Å². The first-order chi connectivity index (χ1) is 10.9. The molecule has 0 bridgehead atoms. The van der Waals surface area contributed by atoms with E-state index in [2.05, 4.69) is 26.5 Å². The molecule has 0 aliphatic rings. The predicted molar refractivity (Wildman–Crippen MR) is 86.8 cm³/mol. The van der Waals surface area contributed by atoms with Gasteiger partial charge in [-0.2, -0.15) is 5.10 Å². The summed E-state index contributed by atoms with van der Waals surface area (Å²) in [6, 6.07) is 8.80. The minimum Gasteiger partial charge on any atom is -0.867 e. The summed E-state index contributed by atoms with van der Waals surface area (Å²) in [7, 11) is 0. The van der Waals surface area contributed by atoms with Crippen LogP contribution in [0.1, 0.15) is 15.9 Å². The molecule has 0 radical (unpaired) electrons. The van der Waals surface area contributed by atoms with E-state index in [1.807, 2.05) is 0 Å². The van der Waals surface area contributed by atoms with Crippen LogP contribution < -0.4 is 10.5 Å². The lowest BCUT2D eigenvalue weighted by Gasteiger charge is -2.10. The predicted octanol–water partition coefficient (Wildman–Crippen LogP) is 2.85. The first kappa shape index (κ1) is 16.9. The highest BCUT2D eigenvalue weighted by Gasteiger charge is 2.11. The van der Waals surface area contributed by atoms with Gasteiger partial charge in [0.2, 0.25) is 0 Å². The molecule has 0 heterocycles. The van der Waals surface area contributed by atoms with Crippen LogP contribution in [-0.2, 0) is 0 Å². The van der Waals surface area contributed by atoms with Gasteiger partial charge in [-0.05, 0) is 35.6 Å². The van der Waals surface area contributed by atoms with Crippen molar-refractivity contribution in [3.05, 3.63) is 67.1 Å². The highest BCUT2D eigenvalue weighted by atomic mass is 79.9. The van der Waals surface area contributed by atoms with E-state index in [1.165, 1.54) is 6.07 Å². The average Bonchev–Trinajstić information content (AvgIpc) is 2.49. The lowest BCUT2D eigenvalue weighted by molar-refractivity contribution is -0.398. The van der Waals surface area contributed by atoms with E-state index >= 15 is 0 Å². The minimum absolute atomic E-state index is 0.0241. The number of nitro benzene ring substituents is 1. The van der Waals surface area contributed by atoms with Gasteiger partial charge in [-0.15, -0.1) is 0 Å². The van der Waals surface area contributed by atoms with Crippen LogP contribution in [0.2, 0.25) is 5.02 Å². The molecule has 2 aromatic carbocycles. The maximum Gasteiger partial charge on any atom is 0.271 e. The third-order valence-electron chi connectivity index (χ3n) is 2.72. The van der Waals surface area contributed by atoms with Gasteiger partial charge in [0.1, 0.15) is 0 Å². The molecule has 23 heavy (non-hydrogen) atoms. The third kappa shape index (κ3) is 4.27. The van der Waals surface area contributed by atoms with Gasteiger partial charge < -0.3 is 5.11 Å². The summed E-state index contributed by atoms with van der Waals surface area (Å²) >= 11 is 8.96. The normalized spacial score (nSPS) is 10.7. The number of nitrogens with one attached hydrogen (secondary N) is 1. The molecule has 0 fully saturated rings. The van der Waals surface area contributed by atoms with Crippen LogP contribution in [0, 0.1) is 10.1 Å². The van der Waals surface area contributed by atoms with Gasteiger partial charge in [0.15, 0.2) is 0 Å². The fraction of sp³-hybridized carbons (Fsp3) is 0. The summed E-state index contributed by atoms with van der Waals surface area (Å²) in [6.07, 6.45) is 1.01. The molecule has 2 rings (SSSR count). The number of hydrazone groups is 1. The Kier molecular flexibility index (Phi) is 5.30. The van der Waals surface area contributed by atoms with Gasteiger partial charge >= 0.3 is 0 Å². The Morgan fingerprint density at radius 2 is 2.09 bits per heavy atom. The van der Waals surface area contributed by atoms with Crippen molar-refractivity contribution in [3.63, 3.8) is 0 Å². The summed E-state index contributed by atoms with van der Waals surface area (Å²) in [4.78, 5) is 21.8. The molecule has 0 spiro atoms. The number of carbonyl (C=O) groups is 1. The van der Waals surface area contributed by atoms with E-state index in [9.17, 15) is 20.0 Å². The molecule has 118 valence electrons. The van der Waals surface area contributed by atoms with Gasteiger partial charge in [-0.25, -0.2) is 5.43 Å². The number of nitrogens with zero attached hydrogens (tertiary/aromatic N) is 2. The zero-order valence-corrected chi connectivity index (χ0v) is 13.7. The summed E-state index contributed by atoms with van der Waals surface area (Å²) in [5, 5.41) is 26.2. The number of nitro groups is 1. The number of carbonyl (C=O) groups excluding carboxylic acids is 1. The summed E-state index contributed by atoms with van der Waals surface area (Å²) in [5.41, 5.74) is 1.83. The van der Waals surface area contributed by atoms with E-state index in [4.69, 9.17) is 11.6 Å². The van der Waals surface area contributed by atoms with Crippen molar-refractivity contribution in [1.29, 1.82) is 0 Å². The summed E-state index contributed by atoms with van der Waals surface area (Å²) < 4.78 is 0.724. The lowest BCUT2D eigenvalue weighted by atomic mass is 10.2. The number of halogens is 2. The van der Waals surface area contributed by atoms with Crippen LogP contribution in [0.3, 0.4) is 0 Å². The molecule has 0 unspecified atom stereocenters. The highest BCUT2D eigenvalue weighted by Crippen LogP contribution is 2.29. The van der Waals surface area contributed by atoms with Crippen molar-refractivity contribution in [2.75, 3.05) is 0 Å². The molecule has 0 aliphatic heterocycles. The molecule has 7 nitrogen and oxygen atoms in total. The zero-order valence-electron chi connectivity index (χ0n) is 11.3. The molecule has 0 aliphatic carbocycles. The second-order valence-electron chi connectivity index (χ2n) is 4.31. The SMILES string of the molecule is O=C(N/N=C\c1cc(Cl)cc([N+](=O)[O-])c1[O-])c1cccc(Br)c1. The van der Waals surface area contributed by atoms with E-state index in [1.54, 1.807) is 24.3 Å². The Hall–Kier alpha value is -2.45. The van der Waals surface area contributed by atoms with Crippen LogP contribution in [0.15, 0.2) is 46.0 Å². The maximum absolute atomic E-state index is 11.9. The number of benzene rings is 2. The smallest absolute Gasteiger partial charge is 0.271 e. The van der Waals surface area contributed by atoms with Gasteiger partial charge in [-0.3, -0.25) is 14.9 Å². The molecule has 9 heteroatoms. The Morgan fingerprint density at radius 3 is 2.74 bits per heavy atom. The second kappa shape index (κ2) is 7.21. The fourth-order valence-electron chi connectivity index (χ4n) is 1.69. The van der Waals surface area contributed by atoms with Crippen molar-refractivity contribution in [1.82, 2.24) is 5.43 Å². The van der Waals surface area contributed by atoms with Crippen LogP contribution in [0.5, 0.6) is 5.75 Å². The molecule has 0 aromatic heterocycles. The molecular formula is C14H8BrClN3O4-. The number of hydrogen-bond donors (Lipinski definition) is 1. The summed E-state index contributed by atoms with van der Waals surface area (Å²) in [6.45, 7) is 0. The van der Waals surface area contributed by atoms with E-state index in [-0.39, 0.29) is 10.6 Å². The topological polar surface area (TPSA) is 108 Å². The first-order valence-electron chi connectivity index (χ1n) is 6.12. The van der Waals surface area contributed by atoms with Crippen LogP contribution in [0.25, 0.3) is 0 Å². The van der Waals surface area contributed by atoms with Crippen molar-refractivity contribution < 1.29 is 14.8 Å². The van der Waals surface area contributed by atoms with Crippen molar-refractivity contribution in [2.24, 2.45) is 5.10 Å². The highest BCUT2D eigenvalue weighted by molar-refractivity contribution is 9.10. The van der Waals surface area contributed by atoms with Crippen LogP contribution in [-0.4, -0.2) is 17.0 Å². The van der Waals surface area contributed by atoms with Gasteiger partial charge in [0, 0.05) is 21.1 Å². The number of hydrogen-bond acceptors (Lipinski definition) is 5. The Labute approximate surface area is 143 Å². The van der Waals surface area contributed by atoms with Gasteiger partial charge in [-0.1, -0.05) is 33.6 Å². The standard InChI is InChI=1S/C14H9BrClN3O4/c15-10-3-1-2-8(4-10)14(21)18-17-7-9-5-11(16)6-12(13(9)20)19(22)23/h1-7,20H,(H,18,21)/p-1/b17-7-. The molecule has 1 amide bonds. The lowest BCUT2D eigenvalue weighted by Crippen LogP contribution is -2.17. The largest absolute Gasteiger partial charge is 0.867 e. The zero-order chi connectivity index (χ0) is 17.0. The maximum atomic E-state index is 11.9. The van der Waals surface area contributed by atoms with E-state index in [0.717, 1.165) is 16.8 Å². The first-order valence-corrected chi connectivity index (χ1v) is 7.29. The van der Waals surface area contributed by atoms with Crippen LogP contribution in [0.4, 0.5) is 5.69 Å². The molecule has 2 aromatic rings. The third-order valence-corrected chi connectivity index (χ3v) is 3.43. The average molecular weight is 398 g/mol. The number of amides is 1. The molecular weight excluding hydrogens is 390 g/mol. The Bertz CT molecular complexity index is 811. The van der Waals surface area contributed by atoms with Crippen LogP contribution >= 0.6 is 27.5 Å². The second-order valence-corrected chi connectivity index (χ2v) is 5.66. The molecule has 0 saturated carbocycles. The quantitative estimate of drug-likeness (QED) is 0.486. The van der Waals surface area contributed by atoms with Crippen molar-refractivity contribution in [3.8, 4) is 5.75 Å². The monoisotopic (exact) mass is 396 g/mol.